The van der Waals surface area contributed by atoms with Gasteiger partial charge in [0.2, 0.25) is 0 Å². The quantitative estimate of drug-likeness (QED) is 0.446. The molecule has 1 N–H and O–H groups in total. The molecule has 0 bridgehead atoms. The van der Waals surface area contributed by atoms with Crippen LogP contribution in [0.25, 0.3) is 16.4 Å². The van der Waals surface area contributed by atoms with Gasteiger partial charge in [-0.2, -0.15) is 24.8 Å². The molecule has 0 fully saturated rings. The number of hydrogen-bond donors (Lipinski definition) is 1. The van der Waals surface area contributed by atoms with E-state index in [1.54, 1.807) is 13.8 Å². The summed E-state index contributed by atoms with van der Waals surface area (Å²) in [6.45, 7) is 12.8. The van der Waals surface area contributed by atoms with Crippen LogP contribution in [-0.2, 0) is 0 Å². The topological polar surface area (TPSA) is 132 Å². The molecule has 0 aromatic carbocycles. The Bertz CT molecular complexity index is 1170. The molecular weight excluding hydrogens is 336 g/mol. The highest BCUT2D eigenvalue weighted by molar-refractivity contribution is 5.69. The number of aryl methyl sites for hydroxylation is 3. The first kappa shape index (κ1) is 15.5. The Morgan fingerprint density at radius 3 is 2.54 bits per heavy atom. The van der Waals surface area contributed by atoms with Crippen LogP contribution in [0.1, 0.15) is 17.2 Å². The summed E-state index contributed by atoms with van der Waals surface area (Å²) in [6.07, 6.45) is 2.69. The number of aromatic nitrogens is 9. The molecule has 0 saturated heterocycles. The highest BCUT2D eigenvalue weighted by Gasteiger charge is 2.19. The second kappa shape index (κ2) is 5.81. The van der Waals surface area contributed by atoms with Gasteiger partial charge in [-0.3, -0.25) is 0 Å². The lowest BCUT2D eigenvalue weighted by Gasteiger charge is -2.00. The molecular formula is C14H12N12. The number of nitrogens with one attached hydrogen (secondary N) is 1. The van der Waals surface area contributed by atoms with E-state index >= 15 is 0 Å². The van der Waals surface area contributed by atoms with Crippen LogP contribution in [0.5, 0.6) is 0 Å². The van der Waals surface area contributed by atoms with Crippen molar-refractivity contribution in [1.29, 1.82) is 0 Å². The zero-order chi connectivity index (χ0) is 18.3. The van der Waals surface area contributed by atoms with E-state index in [4.69, 9.17) is 6.57 Å². The van der Waals surface area contributed by atoms with Crippen molar-refractivity contribution in [3.8, 4) is 5.95 Å². The van der Waals surface area contributed by atoms with E-state index in [0.717, 1.165) is 0 Å². The largest absolute Gasteiger partial charge is 0.324 e. The lowest BCUT2D eigenvalue weighted by molar-refractivity contribution is 0.781. The first-order chi connectivity index (χ1) is 12.6. The van der Waals surface area contributed by atoms with E-state index in [9.17, 15) is 0 Å². The summed E-state index contributed by atoms with van der Waals surface area (Å²) in [7, 11) is 0. The number of rotatable bonds is 3. The van der Waals surface area contributed by atoms with Gasteiger partial charge in [0.1, 0.15) is 18.5 Å². The predicted molar refractivity (Wildman–Crippen MR) is 88.9 cm³/mol. The summed E-state index contributed by atoms with van der Waals surface area (Å²) in [5.41, 5.74) is 2.58. The van der Waals surface area contributed by atoms with Gasteiger partial charge in [-0.05, 0) is 20.8 Å². The molecule has 0 aliphatic heterocycles. The molecule has 0 radical (unpaired) electrons. The molecule has 4 aromatic heterocycles. The average Bonchev–Trinajstić information content (AvgIpc) is 3.23. The molecule has 4 aromatic rings. The average molecular weight is 348 g/mol. The van der Waals surface area contributed by atoms with Crippen LogP contribution >= 0.6 is 0 Å². The third-order valence-electron chi connectivity index (χ3n) is 3.59. The highest BCUT2D eigenvalue weighted by atomic mass is 15.5. The molecule has 12 heteroatoms. The van der Waals surface area contributed by atoms with Gasteiger partial charge in [0, 0.05) is 0 Å². The SMILES string of the molecule is [C-]#[N+]c1c(C)nn(-c2ncncn2)c1/N=N/c1c(C)nn2nc(C)[nH]c12. The molecule has 0 aliphatic carbocycles. The Balaban J connectivity index is 1.86. The van der Waals surface area contributed by atoms with E-state index in [-0.39, 0.29) is 17.5 Å². The van der Waals surface area contributed by atoms with Crippen molar-refractivity contribution in [2.45, 2.75) is 20.8 Å². The minimum Gasteiger partial charge on any atom is -0.324 e. The van der Waals surface area contributed by atoms with E-state index in [0.29, 0.717) is 28.5 Å². The summed E-state index contributed by atoms with van der Waals surface area (Å²) in [4.78, 5) is 18.5. The van der Waals surface area contributed by atoms with Crippen molar-refractivity contribution >= 4 is 22.8 Å². The Morgan fingerprint density at radius 2 is 1.81 bits per heavy atom. The Morgan fingerprint density at radius 1 is 1.04 bits per heavy atom. The molecule has 0 aliphatic rings. The predicted octanol–water partition coefficient (Wildman–Crippen LogP) is 2.32. The molecule has 4 heterocycles. The standard InChI is InChI=1S/C14H12N12/c1-7-10(15-4)13(25(22-7)14-17-5-16-6-18-14)21-20-11-8(2)23-26-12(11)19-9(3)24-26/h5-6H,1-3H3,(H,19,24)/b21-20+. The minimum absolute atomic E-state index is 0.235. The van der Waals surface area contributed by atoms with Crippen molar-refractivity contribution < 1.29 is 0 Å². The summed E-state index contributed by atoms with van der Waals surface area (Å²) in [5.74, 6) is 1.19. The fraction of sp³-hybridized carbons (Fsp3) is 0.214. The molecule has 26 heavy (non-hydrogen) atoms. The van der Waals surface area contributed by atoms with Crippen molar-refractivity contribution in [2.24, 2.45) is 10.2 Å². The van der Waals surface area contributed by atoms with Crippen molar-refractivity contribution in [3.05, 3.63) is 41.3 Å². The van der Waals surface area contributed by atoms with Gasteiger partial charge in [-0.1, -0.05) is 0 Å². The van der Waals surface area contributed by atoms with E-state index in [1.165, 1.54) is 22.0 Å². The minimum atomic E-state index is 0.235. The van der Waals surface area contributed by atoms with E-state index in [2.05, 4.69) is 50.3 Å². The van der Waals surface area contributed by atoms with Crippen LogP contribution < -0.4 is 0 Å². The van der Waals surface area contributed by atoms with Crippen LogP contribution in [0.4, 0.5) is 17.2 Å². The lowest BCUT2D eigenvalue weighted by Crippen LogP contribution is -2.02. The van der Waals surface area contributed by atoms with Gasteiger partial charge in [-0.25, -0.2) is 9.83 Å². The number of nitrogens with zero attached hydrogens (tertiary/aromatic N) is 11. The smallest absolute Gasteiger partial charge is 0.255 e. The molecule has 0 saturated carbocycles. The third kappa shape index (κ3) is 2.38. The Kier molecular flexibility index (Phi) is 3.47. The van der Waals surface area contributed by atoms with E-state index < -0.39 is 0 Å². The second-order valence-electron chi connectivity index (χ2n) is 5.40. The van der Waals surface area contributed by atoms with E-state index in [1.807, 2.05) is 6.92 Å². The Hall–Kier alpha value is -4.01. The molecule has 128 valence electrons. The fourth-order valence-electron chi connectivity index (χ4n) is 2.45. The molecule has 4 rings (SSSR count). The van der Waals surface area contributed by atoms with Crippen LogP contribution in [0.15, 0.2) is 22.9 Å². The van der Waals surface area contributed by atoms with Gasteiger partial charge in [-0.15, -0.1) is 20.0 Å². The summed E-state index contributed by atoms with van der Waals surface area (Å²) < 4.78 is 2.82. The second-order valence-corrected chi connectivity index (χ2v) is 5.40. The first-order valence-corrected chi connectivity index (χ1v) is 7.52. The van der Waals surface area contributed by atoms with Crippen molar-refractivity contribution in [3.63, 3.8) is 0 Å². The molecule has 0 spiro atoms. The van der Waals surface area contributed by atoms with Gasteiger partial charge < -0.3 is 4.98 Å². The maximum Gasteiger partial charge on any atom is 0.255 e. The van der Waals surface area contributed by atoms with Gasteiger partial charge in [0.15, 0.2) is 17.2 Å². The van der Waals surface area contributed by atoms with Crippen LogP contribution in [0.3, 0.4) is 0 Å². The molecule has 12 nitrogen and oxygen atoms in total. The Labute approximate surface area is 146 Å². The third-order valence-corrected chi connectivity index (χ3v) is 3.59. The summed E-state index contributed by atoms with van der Waals surface area (Å²) in [5, 5.41) is 21.3. The number of hydrogen-bond acceptors (Lipinski definition) is 8. The van der Waals surface area contributed by atoms with Crippen LogP contribution in [0.2, 0.25) is 0 Å². The van der Waals surface area contributed by atoms with Crippen molar-refractivity contribution in [2.75, 3.05) is 0 Å². The highest BCUT2D eigenvalue weighted by Crippen LogP contribution is 2.35. The fourth-order valence-corrected chi connectivity index (χ4v) is 2.45. The van der Waals surface area contributed by atoms with Gasteiger partial charge in [0.05, 0.1) is 18.0 Å². The van der Waals surface area contributed by atoms with Crippen LogP contribution in [-0.4, -0.2) is 44.5 Å². The summed E-state index contributed by atoms with van der Waals surface area (Å²) in [6, 6.07) is 0. The van der Waals surface area contributed by atoms with Crippen molar-refractivity contribution in [1.82, 2.24) is 44.5 Å². The molecule has 0 amide bonds. The van der Waals surface area contributed by atoms with Crippen LogP contribution in [0, 0.1) is 27.3 Å². The first-order valence-electron chi connectivity index (χ1n) is 7.52. The lowest BCUT2D eigenvalue weighted by atomic mass is 10.4. The number of aromatic amines is 1. The zero-order valence-corrected chi connectivity index (χ0v) is 14.1. The maximum atomic E-state index is 7.42. The van der Waals surface area contributed by atoms with Gasteiger partial charge in [0.25, 0.3) is 11.6 Å². The monoisotopic (exact) mass is 348 g/mol. The summed E-state index contributed by atoms with van der Waals surface area (Å²) >= 11 is 0. The molecule has 0 unspecified atom stereocenters. The number of azo groups is 1. The number of fused-ring (bicyclic) bond motifs is 1. The number of H-pyrrole nitrogens is 1. The maximum absolute atomic E-state index is 7.42. The van der Waals surface area contributed by atoms with Gasteiger partial charge >= 0.3 is 0 Å². The zero-order valence-electron chi connectivity index (χ0n) is 14.1. The normalized spacial score (nSPS) is 11.5. The molecule has 0 atom stereocenters.